The van der Waals surface area contributed by atoms with Crippen LogP contribution in [0, 0.1) is 0 Å². The molecular weight excluding hydrogens is 456 g/mol. The Kier molecular flexibility index (Phi) is 11.3. The number of carbonyl (C=O) groups excluding carboxylic acids is 1. The van der Waals surface area contributed by atoms with Gasteiger partial charge in [-0.3, -0.25) is 0 Å². The molecule has 0 saturated heterocycles. The first kappa shape index (κ1) is 27.7. The van der Waals surface area contributed by atoms with E-state index >= 15 is 0 Å². The maximum absolute atomic E-state index is 12.3. The van der Waals surface area contributed by atoms with Crippen molar-refractivity contribution in [2.45, 2.75) is 57.8 Å². The average molecular weight is 493 g/mol. The fourth-order valence-electron chi connectivity index (χ4n) is 3.59. The minimum absolute atomic E-state index is 0.200. The third-order valence-electron chi connectivity index (χ3n) is 5.72. The number of rotatable bonds is 16. The summed E-state index contributed by atoms with van der Waals surface area (Å²) < 4.78 is 30.2. The molecule has 0 bridgehead atoms. The smallest absolute Gasteiger partial charge is 0.163 e. The molecule has 0 unspecified atom stereocenters. The zero-order valence-electron chi connectivity index (χ0n) is 21.2. The van der Waals surface area contributed by atoms with Gasteiger partial charge in [-0.15, -0.1) is 0 Å². The molecule has 3 aromatic carbocycles. The highest BCUT2D eigenvalue weighted by Gasteiger charge is 2.37. The molecule has 0 spiro atoms. The molecule has 0 N–H and O–H groups in total. The zero-order chi connectivity index (χ0) is 25.6. The third kappa shape index (κ3) is 9.30. The average Bonchev–Trinajstić information content (AvgIpc) is 2.92. The minimum Gasteiger partial charge on any atom is -0.374 e. The van der Waals surface area contributed by atoms with Gasteiger partial charge < -0.3 is 28.5 Å². The quantitative estimate of drug-likeness (QED) is 0.199. The fourth-order valence-corrected chi connectivity index (χ4v) is 3.59. The van der Waals surface area contributed by atoms with Crippen LogP contribution < -0.4 is 0 Å². The van der Waals surface area contributed by atoms with Gasteiger partial charge in [-0.25, -0.2) is 0 Å². The fraction of sp³-hybridized carbons (Fsp3) is 0.367. The van der Waals surface area contributed by atoms with Gasteiger partial charge in [0.15, 0.2) is 12.1 Å². The van der Waals surface area contributed by atoms with Gasteiger partial charge in [0.1, 0.15) is 18.3 Å². The van der Waals surface area contributed by atoms with Crippen LogP contribution in [0.1, 0.15) is 30.5 Å². The highest BCUT2D eigenvalue weighted by Crippen LogP contribution is 2.23. The van der Waals surface area contributed by atoms with Crippen LogP contribution in [-0.2, 0) is 48.3 Å². The van der Waals surface area contributed by atoms with Crippen molar-refractivity contribution in [2.75, 3.05) is 13.7 Å². The monoisotopic (exact) mass is 492 g/mol. The number of carbonyl (C=O) groups is 1. The van der Waals surface area contributed by atoms with Crippen molar-refractivity contribution >= 4 is 6.29 Å². The van der Waals surface area contributed by atoms with E-state index in [0.717, 1.165) is 23.0 Å². The Labute approximate surface area is 214 Å². The Morgan fingerprint density at radius 2 is 1.19 bits per heavy atom. The van der Waals surface area contributed by atoms with Crippen LogP contribution in [0.3, 0.4) is 0 Å². The lowest BCUT2D eigenvalue weighted by molar-refractivity contribution is -0.269. The van der Waals surface area contributed by atoms with Crippen molar-refractivity contribution in [3.8, 4) is 0 Å². The van der Waals surface area contributed by atoms with Crippen LogP contribution in [0.15, 0.2) is 91.0 Å². The first-order valence-corrected chi connectivity index (χ1v) is 12.1. The molecule has 0 fully saturated rings. The molecule has 192 valence electrons. The molecule has 0 saturated carbocycles. The molecule has 0 aliphatic heterocycles. The van der Waals surface area contributed by atoms with Crippen LogP contribution in [0.4, 0.5) is 0 Å². The largest absolute Gasteiger partial charge is 0.374 e. The van der Waals surface area contributed by atoms with E-state index in [2.05, 4.69) is 0 Å². The molecule has 6 nitrogen and oxygen atoms in total. The highest BCUT2D eigenvalue weighted by molar-refractivity contribution is 5.57. The Balaban J connectivity index is 1.79. The van der Waals surface area contributed by atoms with E-state index in [-0.39, 0.29) is 13.2 Å². The number of hydrogen-bond acceptors (Lipinski definition) is 6. The van der Waals surface area contributed by atoms with E-state index in [1.165, 1.54) is 0 Å². The number of aldehydes is 1. The number of methoxy groups -OCH3 is 1. The first-order valence-electron chi connectivity index (χ1n) is 12.1. The molecular formula is C30H36O6. The standard InChI is InChI=1S/C30H36O6/c1-30(2,32-3)36-29(27(19-31)34-21-25-15-9-5-10-16-25)28(35-22-26-17-11-6-12-18-26)23-33-20-24-13-7-4-8-14-24/h4-19,27-29H,20-23H2,1-3H3/t27-,28-,29-/m1/s1. The van der Waals surface area contributed by atoms with Gasteiger partial charge in [0.25, 0.3) is 0 Å². The van der Waals surface area contributed by atoms with Gasteiger partial charge in [-0.1, -0.05) is 91.0 Å². The Morgan fingerprint density at radius 3 is 1.67 bits per heavy atom. The molecule has 3 aromatic rings. The highest BCUT2D eigenvalue weighted by atomic mass is 16.7. The predicted molar refractivity (Wildman–Crippen MR) is 138 cm³/mol. The van der Waals surface area contributed by atoms with Crippen molar-refractivity contribution in [2.24, 2.45) is 0 Å². The second-order valence-corrected chi connectivity index (χ2v) is 8.92. The summed E-state index contributed by atoms with van der Waals surface area (Å²) in [5, 5.41) is 0. The van der Waals surface area contributed by atoms with Crippen molar-refractivity contribution in [3.05, 3.63) is 108 Å². The van der Waals surface area contributed by atoms with Crippen molar-refractivity contribution in [3.63, 3.8) is 0 Å². The van der Waals surface area contributed by atoms with Crippen LogP contribution >= 0.6 is 0 Å². The second kappa shape index (κ2) is 14.6. The van der Waals surface area contributed by atoms with Gasteiger partial charge in [0, 0.05) is 7.11 Å². The molecule has 0 heterocycles. The maximum atomic E-state index is 12.3. The summed E-state index contributed by atoms with van der Waals surface area (Å²) in [5.74, 6) is -0.976. The summed E-state index contributed by atoms with van der Waals surface area (Å²) in [6.45, 7) is 4.77. The SMILES string of the molecule is COC(C)(C)O[C@H]([C@@H](C=O)OCc1ccccc1)[C@@H](COCc1ccccc1)OCc1ccccc1. The van der Waals surface area contributed by atoms with E-state index in [1.807, 2.05) is 91.0 Å². The van der Waals surface area contributed by atoms with Crippen LogP contribution in [0.5, 0.6) is 0 Å². The van der Waals surface area contributed by atoms with Gasteiger partial charge in [-0.05, 0) is 30.5 Å². The molecule has 0 aliphatic carbocycles. The molecule has 0 aliphatic rings. The van der Waals surface area contributed by atoms with Gasteiger partial charge in [-0.2, -0.15) is 0 Å². The summed E-state index contributed by atoms with van der Waals surface area (Å²) in [4.78, 5) is 12.3. The summed E-state index contributed by atoms with van der Waals surface area (Å²) >= 11 is 0. The number of hydrogen-bond donors (Lipinski definition) is 0. The van der Waals surface area contributed by atoms with Gasteiger partial charge >= 0.3 is 0 Å². The number of ether oxygens (including phenoxy) is 5. The molecule has 0 aromatic heterocycles. The summed E-state index contributed by atoms with van der Waals surface area (Å²) in [5.41, 5.74) is 3.00. The molecule has 0 amide bonds. The minimum atomic E-state index is -0.976. The normalized spacial score (nSPS) is 14.2. The Bertz CT molecular complexity index is 994. The topological polar surface area (TPSA) is 63.2 Å². The van der Waals surface area contributed by atoms with E-state index < -0.39 is 24.1 Å². The van der Waals surface area contributed by atoms with Crippen molar-refractivity contribution in [1.82, 2.24) is 0 Å². The lowest BCUT2D eigenvalue weighted by Gasteiger charge is -2.36. The molecule has 6 heteroatoms. The van der Waals surface area contributed by atoms with Crippen molar-refractivity contribution in [1.29, 1.82) is 0 Å². The van der Waals surface area contributed by atoms with Crippen LogP contribution in [0.2, 0.25) is 0 Å². The lowest BCUT2D eigenvalue weighted by Crippen LogP contribution is -2.50. The Hall–Kier alpha value is -2.87. The molecule has 3 rings (SSSR count). The zero-order valence-corrected chi connectivity index (χ0v) is 21.2. The van der Waals surface area contributed by atoms with Crippen LogP contribution in [-0.4, -0.2) is 44.1 Å². The Morgan fingerprint density at radius 1 is 0.722 bits per heavy atom. The second-order valence-electron chi connectivity index (χ2n) is 8.92. The maximum Gasteiger partial charge on any atom is 0.163 e. The van der Waals surface area contributed by atoms with E-state index in [9.17, 15) is 4.79 Å². The van der Waals surface area contributed by atoms with Gasteiger partial charge in [0.05, 0.1) is 26.4 Å². The molecule has 0 radical (unpaired) electrons. The summed E-state index contributed by atoms with van der Waals surface area (Å²) in [7, 11) is 1.56. The molecule has 3 atom stereocenters. The van der Waals surface area contributed by atoms with E-state index in [0.29, 0.717) is 13.2 Å². The van der Waals surface area contributed by atoms with Crippen molar-refractivity contribution < 1.29 is 28.5 Å². The summed E-state index contributed by atoms with van der Waals surface area (Å²) in [6, 6.07) is 29.4. The van der Waals surface area contributed by atoms with E-state index in [4.69, 9.17) is 23.7 Å². The predicted octanol–water partition coefficient (Wildman–Crippen LogP) is 5.34. The number of benzene rings is 3. The van der Waals surface area contributed by atoms with Crippen LogP contribution in [0.25, 0.3) is 0 Å². The molecule has 36 heavy (non-hydrogen) atoms. The van der Waals surface area contributed by atoms with Gasteiger partial charge in [0.2, 0.25) is 0 Å². The first-order chi connectivity index (χ1) is 17.5. The van der Waals surface area contributed by atoms with E-state index in [1.54, 1.807) is 21.0 Å². The third-order valence-corrected chi connectivity index (χ3v) is 5.72. The lowest BCUT2D eigenvalue weighted by atomic mass is 10.1. The summed E-state index contributed by atoms with van der Waals surface area (Å²) in [6.07, 6.45) is -1.52.